The van der Waals surface area contributed by atoms with E-state index in [0.29, 0.717) is 17.8 Å². The van der Waals surface area contributed by atoms with Gasteiger partial charge in [-0.25, -0.2) is 8.42 Å². The molecule has 0 aliphatic rings. The van der Waals surface area contributed by atoms with E-state index in [4.69, 9.17) is 0 Å². The molecule has 5 nitrogen and oxygen atoms in total. The first kappa shape index (κ1) is 19.0. The smallest absolute Gasteiger partial charge is 0.264 e. The number of anilines is 1. The van der Waals surface area contributed by atoms with Crippen LogP contribution in [0.25, 0.3) is 0 Å². The molecule has 0 aliphatic carbocycles. The van der Waals surface area contributed by atoms with Gasteiger partial charge in [-0.1, -0.05) is 25.1 Å². The van der Waals surface area contributed by atoms with Crippen molar-refractivity contribution in [1.29, 1.82) is 0 Å². The lowest BCUT2D eigenvalue weighted by molar-refractivity contribution is 0.0939. The summed E-state index contributed by atoms with van der Waals surface area (Å²) in [7, 11) is -3.63. The molecule has 25 heavy (non-hydrogen) atoms. The Morgan fingerprint density at radius 2 is 1.64 bits per heavy atom. The molecule has 0 heterocycles. The number of nitrogens with one attached hydrogen (secondary N) is 1. The molecule has 0 radical (unpaired) electrons. The van der Waals surface area contributed by atoms with Crippen LogP contribution in [-0.2, 0) is 10.0 Å². The van der Waals surface area contributed by atoms with Gasteiger partial charge in [-0.2, -0.15) is 0 Å². The van der Waals surface area contributed by atoms with Crippen molar-refractivity contribution >= 4 is 21.6 Å². The average molecular weight is 360 g/mol. The summed E-state index contributed by atoms with van der Waals surface area (Å²) in [5.41, 5.74) is 1.05. The molecule has 1 N–H and O–H groups in total. The standard InChI is InChI=1S/C19H24N2O3S/c1-4-15(3)20-19(22)16-11-13-17(14-12-16)21(5-2)25(23,24)18-9-7-6-8-10-18/h6-15H,4-5H2,1-3H3,(H,20,22). The summed E-state index contributed by atoms with van der Waals surface area (Å²) in [5.74, 6) is -0.158. The molecule has 6 heteroatoms. The number of hydrogen-bond donors (Lipinski definition) is 1. The number of hydrogen-bond acceptors (Lipinski definition) is 3. The number of benzene rings is 2. The molecule has 2 aromatic rings. The van der Waals surface area contributed by atoms with Crippen molar-refractivity contribution in [2.75, 3.05) is 10.8 Å². The van der Waals surface area contributed by atoms with E-state index in [-0.39, 0.29) is 16.8 Å². The van der Waals surface area contributed by atoms with Crippen LogP contribution in [0.3, 0.4) is 0 Å². The van der Waals surface area contributed by atoms with E-state index >= 15 is 0 Å². The number of carbonyl (C=O) groups is 1. The maximum Gasteiger partial charge on any atom is 0.264 e. The van der Waals surface area contributed by atoms with Crippen molar-refractivity contribution in [3.63, 3.8) is 0 Å². The molecule has 0 saturated carbocycles. The lowest BCUT2D eigenvalue weighted by atomic mass is 10.1. The van der Waals surface area contributed by atoms with E-state index in [2.05, 4.69) is 5.32 Å². The van der Waals surface area contributed by atoms with Crippen LogP contribution < -0.4 is 9.62 Å². The van der Waals surface area contributed by atoms with Crippen LogP contribution in [0, 0.1) is 0 Å². The van der Waals surface area contributed by atoms with Crippen LogP contribution in [0.2, 0.25) is 0 Å². The number of amides is 1. The molecule has 0 saturated heterocycles. The van der Waals surface area contributed by atoms with Crippen molar-refractivity contribution in [1.82, 2.24) is 5.32 Å². The van der Waals surface area contributed by atoms with E-state index in [0.717, 1.165) is 6.42 Å². The van der Waals surface area contributed by atoms with Crippen LogP contribution in [-0.4, -0.2) is 26.9 Å². The monoisotopic (exact) mass is 360 g/mol. The molecule has 134 valence electrons. The minimum absolute atomic E-state index is 0.0952. The minimum Gasteiger partial charge on any atom is -0.350 e. The van der Waals surface area contributed by atoms with Crippen LogP contribution in [0.15, 0.2) is 59.5 Å². The Morgan fingerprint density at radius 1 is 1.04 bits per heavy atom. The van der Waals surface area contributed by atoms with Gasteiger partial charge in [0.05, 0.1) is 10.6 Å². The molecular formula is C19H24N2O3S. The van der Waals surface area contributed by atoms with Crippen molar-refractivity contribution < 1.29 is 13.2 Å². The van der Waals surface area contributed by atoms with E-state index in [1.807, 2.05) is 13.8 Å². The largest absolute Gasteiger partial charge is 0.350 e. The van der Waals surface area contributed by atoms with E-state index in [9.17, 15) is 13.2 Å². The molecule has 0 fully saturated rings. The number of rotatable bonds is 7. The fourth-order valence-corrected chi connectivity index (χ4v) is 3.89. The highest BCUT2D eigenvalue weighted by Crippen LogP contribution is 2.23. The SMILES string of the molecule is CCC(C)NC(=O)c1ccc(N(CC)S(=O)(=O)c2ccccc2)cc1. The first-order chi connectivity index (χ1) is 11.9. The molecule has 0 aromatic heterocycles. The summed E-state index contributed by atoms with van der Waals surface area (Å²) in [6, 6.07) is 15.0. The third kappa shape index (κ3) is 4.39. The number of carbonyl (C=O) groups excluding carboxylic acids is 1. The Morgan fingerprint density at radius 3 is 2.16 bits per heavy atom. The van der Waals surface area contributed by atoms with Gasteiger partial charge in [-0.05, 0) is 56.7 Å². The van der Waals surface area contributed by atoms with Gasteiger partial charge in [-0.15, -0.1) is 0 Å². The van der Waals surface area contributed by atoms with Gasteiger partial charge >= 0.3 is 0 Å². The summed E-state index contributed by atoms with van der Waals surface area (Å²) in [6.07, 6.45) is 0.850. The summed E-state index contributed by atoms with van der Waals surface area (Å²) in [6.45, 7) is 6.03. The molecule has 0 bridgehead atoms. The summed E-state index contributed by atoms with van der Waals surface area (Å²) >= 11 is 0. The molecule has 2 rings (SSSR count). The first-order valence-electron chi connectivity index (χ1n) is 8.38. The summed E-state index contributed by atoms with van der Waals surface area (Å²) in [5, 5.41) is 2.89. The third-order valence-corrected chi connectivity index (χ3v) is 5.94. The maximum absolute atomic E-state index is 12.8. The molecular weight excluding hydrogens is 336 g/mol. The quantitative estimate of drug-likeness (QED) is 0.822. The topological polar surface area (TPSA) is 66.5 Å². The first-order valence-corrected chi connectivity index (χ1v) is 9.82. The van der Waals surface area contributed by atoms with Crippen molar-refractivity contribution in [2.45, 2.75) is 38.1 Å². The van der Waals surface area contributed by atoms with E-state index in [1.165, 1.54) is 4.31 Å². The number of sulfonamides is 1. The maximum atomic E-state index is 12.8. The normalized spacial score (nSPS) is 12.4. The minimum atomic E-state index is -3.63. The zero-order valence-corrected chi connectivity index (χ0v) is 15.6. The van der Waals surface area contributed by atoms with Gasteiger partial charge in [0.15, 0.2) is 0 Å². The Hall–Kier alpha value is -2.34. The molecule has 0 aliphatic heterocycles. The molecule has 0 spiro atoms. The van der Waals surface area contributed by atoms with Crippen molar-refractivity contribution in [2.24, 2.45) is 0 Å². The zero-order chi connectivity index (χ0) is 18.4. The fourth-order valence-electron chi connectivity index (χ4n) is 2.40. The highest BCUT2D eigenvalue weighted by Gasteiger charge is 2.23. The van der Waals surface area contributed by atoms with Gasteiger partial charge in [0, 0.05) is 18.2 Å². The highest BCUT2D eigenvalue weighted by molar-refractivity contribution is 7.92. The predicted molar refractivity (Wildman–Crippen MR) is 100 cm³/mol. The second kappa shape index (κ2) is 8.16. The second-order valence-corrected chi connectivity index (χ2v) is 7.67. The van der Waals surface area contributed by atoms with E-state index < -0.39 is 10.0 Å². The molecule has 1 amide bonds. The predicted octanol–water partition coefficient (Wildman–Crippen LogP) is 3.43. The zero-order valence-electron chi connectivity index (χ0n) is 14.8. The average Bonchev–Trinajstić information content (AvgIpc) is 2.63. The lowest BCUT2D eigenvalue weighted by Crippen LogP contribution is -2.32. The van der Waals surface area contributed by atoms with Crippen LogP contribution >= 0.6 is 0 Å². The lowest BCUT2D eigenvalue weighted by Gasteiger charge is -2.23. The van der Waals surface area contributed by atoms with Gasteiger partial charge in [-0.3, -0.25) is 9.10 Å². The van der Waals surface area contributed by atoms with Crippen LogP contribution in [0.5, 0.6) is 0 Å². The van der Waals surface area contributed by atoms with E-state index in [1.54, 1.807) is 61.5 Å². The second-order valence-electron chi connectivity index (χ2n) is 5.81. The van der Waals surface area contributed by atoms with Crippen molar-refractivity contribution in [3.8, 4) is 0 Å². The Bertz CT molecular complexity index is 802. The third-order valence-electron chi connectivity index (χ3n) is 4.03. The van der Waals surface area contributed by atoms with Gasteiger partial charge in [0.25, 0.3) is 15.9 Å². The van der Waals surface area contributed by atoms with Crippen molar-refractivity contribution in [3.05, 3.63) is 60.2 Å². The summed E-state index contributed by atoms with van der Waals surface area (Å²) < 4.78 is 27.0. The van der Waals surface area contributed by atoms with Crippen LogP contribution in [0.4, 0.5) is 5.69 Å². The molecule has 1 atom stereocenters. The van der Waals surface area contributed by atoms with Gasteiger partial charge in [0.1, 0.15) is 0 Å². The van der Waals surface area contributed by atoms with Gasteiger partial charge in [0.2, 0.25) is 0 Å². The Kier molecular flexibility index (Phi) is 6.20. The Labute approximate surface area is 149 Å². The highest BCUT2D eigenvalue weighted by atomic mass is 32.2. The van der Waals surface area contributed by atoms with Gasteiger partial charge < -0.3 is 5.32 Å². The number of nitrogens with zero attached hydrogens (tertiary/aromatic N) is 1. The molecule has 2 aromatic carbocycles. The fraction of sp³-hybridized carbons (Fsp3) is 0.316. The summed E-state index contributed by atoms with van der Waals surface area (Å²) in [4.78, 5) is 12.4. The van der Waals surface area contributed by atoms with Crippen LogP contribution in [0.1, 0.15) is 37.6 Å². The Balaban J connectivity index is 2.26. The molecule has 1 unspecified atom stereocenters.